The van der Waals surface area contributed by atoms with Gasteiger partial charge >= 0.3 is 0 Å². The summed E-state index contributed by atoms with van der Waals surface area (Å²) < 4.78 is 33.2. The second-order valence-electron chi connectivity index (χ2n) is 4.85. The molecule has 4 nitrogen and oxygen atoms in total. The van der Waals surface area contributed by atoms with Gasteiger partial charge in [-0.2, -0.15) is 8.42 Å². The van der Waals surface area contributed by atoms with Gasteiger partial charge in [-0.05, 0) is 171 Å². The summed E-state index contributed by atoms with van der Waals surface area (Å²) in [5.41, 5.74) is 1.92. The van der Waals surface area contributed by atoms with Crippen LogP contribution in [0.15, 0.2) is 24.3 Å². The molecule has 0 spiro atoms. The van der Waals surface area contributed by atoms with E-state index in [0.29, 0.717) is 0 Å². The van der Waals surface area contributed by atoms with Crippen LogP contribution in [0, 0.1) is 21.4 Å². The van der Waals surface area contributed by atoms with Gasteiger partial charge in [0.25, 0.3) is 10.1 Å². The Balaban J connectivity index is 0.000000273. The number of aliphatic hydroxyl groups is 1. The summed E-state index contributed by atoms with van der Waals surface area (Å²) in [5, 5.41) is 8.96. The van der Waals surface area contributed by atoms with Crippen LogP contribution in [0.25, 0.3) is 0 Å². The third kappa shape index (κ3) is 9.67. The van der Waals surface area contributed by atoms with Crippen LogP contribution in [-0.2, 0) is 27.5 Å². The first-order valence-electron chi connectivity index (χ1n) is 6.66. The van der Waals surface area contributed by atoms with E-state index >= 15 is 0 Å². The highest BCUT2D eigenvalue weighted by molar-refractivity contribution is 14.1. The summed E-state index contributed by atoms with van der Waals surface area (Å²) in [5.74, 6) is 0. The molecule has 0 aromatic heterocycles. The third-order valence-electron chi connectivity index (χ3n) is 2.74. The monoisotopic (exact) mass is 1050 g/mol. The lowest BCUT2D eigenvalue weighted by molar-refractivity contribution is 0.281. The number of hydrogen-bond acceptors (Lipinski definition) is 4. The predicted octanol–water partition coefficient (Wildman–Crippen LogP) is 5.97. The highest BCUT2D eigenvalue weighted by Gasteiger charge is 2.09. The molecule has 0 atom stereocenters. The molecule has 1 N–H and O–H groups in total. The minimum Gasteiger partial charge on any atom is -0.392 e. The number of aliphatic hydroxyl groups excluding tert-OH is 1. The van der Waals surface area contributed by atoms with Gasteiger partial charge in [0, 0.05) is 21.4 Å². The Kier molecular flexibility index (Phi) is 12.9. The fourth-order valence-corrected chi connectivity index (χ4v) is 6.83. The first kappa shape index (κ1) is 26.7. The first-order valence-corrected chi connectivity index (χ1v) is 15.0. The SMILES string of the molecule is CS(=O)(=O)OCc1cc(I)cc(I)c1I.OCc1cc(I)cc(I)c1I. The van der Waals surface area contributed by atoms with Crippen LogP contribution in [0.1, 0.15) is 11.1 Å². The quantitative estimate of drug-likeness (QED) is 0.233. The molecule has 11 heteroatoms. The van der Waals surface area contributed by atoms with Gasteiger partial charge in [0.05, 0.1) is 19.5 Å². The van der Waals surface area contributed by atoms with Crippen LogP contribution in [0.2, 0.25) is 0 Å². The summed E-state index contributed by atoms with van der Waals surface area (Å²) in [6, 6.07) is 8.06. The van der Waals surface area contributed by atoms with E-state index in [-0.39, 0.29) is 13.2 Å². The normalized spacial score (nSPS) is 11.1. The number of rotatable bonds is 4. The summed E-state index contributed by atoms with van der Waals surface area (Å²) in [6.45, 7) is 0.231. The van der Waals surface area contributed by atoms with E-state index in [4.69, 9.17) is 9.29 Å². The van der Waals surface area contributed by atoms with Crippen LogP contribution in [0.4, 0.5) is 0 Å². The maximum atomic E-state index is 10.9. The molecule has 0 radical (unpaired) electrons. The van der Waals surface area contributed by atoms with Gasteiger partial charge < -0.3 is 5.11 Å². The van der Waals surface area contributed by atoms with Crippen molar-refractivity contribution in [1.82, 2.24) is 0 Å². The Morgan fingerprint density at radius 3 is 1.69 bits per heavy atom. The minimum atomic E-state index is -3.37. The molecule has 2 rings (SSSR count). The van der Waals surface area contributed by atoms with E-state index in [2.05, 4.69) is 142 Å². The Hall–Kier alpha value is 2.69. The molecule has 0 aliphatic heterocycles. The van der Waals surface area contributed by atoms with E-state index in [0.717, 1.165) is 31.7 Å². The van der Waals surface area contributed by atoms with Crippen LogP contribution in [0.3, 0.4) is 0 Å². The maximum Gasteiger partial charge on any atom is 0.264 e. The summed E-state index contributed by atoms with van der Waals surface area (Å²) in [4.78, 5) is 0. The molecule has 0 aliphatic rings. The van der Waals surface area contributed by atoms with Crippen molar-refractivity contribution < 1.29 is 17.7 Å². The van der Waals surface area contributed by atoms with Crippen molar-refractivity contribution in [2.24, 2.45) is 0 Å². The van der Waals surface area contributed by atoms with Crippen LogP contribution < -0.4 is 0 Å². The van der Waals surface area contributed by atoms with E-state index in [1.165, 1.54) is 7.14 Å². The molecule has 0 amide bonds. The van der Waals surface area contributed by atoms with Crippen molar-refractivity contribution in [3.05, 3.63) is 56.8 Å². The first-order chi connectivity index (χ1) is 11.9. The largest absolute Gasteiger partial charge is 0.392 e. The Labute approximate surface area is 235 Å². The molecule has 0 saturated heterocycles. The van der Waals surface area contributed by atoms with Crippen molar-refractivity contribution in [2.45, 2.75) is 13.2 Å². The molecule has 0 fully saturated rings. The van der Waals surface area contributed by atoms with Crippen molar-refractivity contribution >= 4 is 146 Å². The fourth-order valence-electron chi connectivity index (χ4n) is 1.61. The van der Waals surface area contributed by atoms with Crippen LogP contribution in [0.5, 0.6) is 0 Å². The Bertz CT molecular complexity index is 886. The molecule has 0 bridgehead atoms. The zero-order valence-electron chi connectivity index (χ0n) is 13.1. The molecule has 2 aromatic carbocycles. The van der Waals surface area contributed by atoms with Gasteiger partial charge in [0.2, 0.25) is 0 Å². The molecule has 0 saturated carbocycles. The average Bonchev–Trinajstić information content (AvgIpc) is 2.52. The van der Waals surface area contributed by atoms with Crippen molar-refractivity contribution in [1.29, 1.82) is 0 Å². The van der Waals surface area contributed by atoms with Crippen molar-refractivity contribution in [2.75, 3.05) is 6.26 Å². The van der Waals surface area contributed by atoms with Gasteiger partial charge in [-0.15, -0.1) is 0 Å². The maximum absolute atomic E-state index is 10.9. The van der Waals surface area contributed by atoms with Gasteiger partial charge in [-0.1, -0.05) is 0 Å². The summed E-state index contributed by atoms with van der Waals surface area (Å²) >= 11 is 13.4. The standard InChI is InChI=1S/C8H7I3O3S.C7H5I3O/c1-15(12,13)14-4-5-2-6(9)3-7(10)8(5)11;8-5-1-4(3-11)7(10)6(9)2-5/h2-3H,4H2,1H3;1-2,11H,3H2. The second-order valence-corrected chi connectivity index (χ2v) is 13.5. The summed E-state index contributed by atoms with van der Waals surface area (Å²) in [7, 11) is -3.37. The lowest BCUT2D eigenvalue weighted by atomic mass is 10.2. The lowest BCUT2D eigenvalue weighted by Crippen LogP contribution is -2.04. The Morgan fingerprint density at radius 2 is 1.27 bits per heavy atom. The van der Waals surface area contributed by atoms with Gasteiger partial charge in [-0.3, -0.25) is 4.18 Å². The number of halogens is 6. The fraction of sp³-hybridized carbons (Fsp3) is 0.200. The van der Waals surface area contributed by atoms with E-state index in [1.807, 2.05) is 18.2 Å². The van der Waals surface area contributed by atoms with Crippen LogP contribution in [-0.4, -0.2) is 19.8 Å². The Morgan fingerprint density at radius 1 is 0.846 bits per heavy atom. The average molecular weight is 1050 g/mol. The predicted molar refractivity (Wildman–Crippen MR) is 155 cm³/mol. The van der Waals surface area contributed by atoms with Gasteiger partial charge in [-0.25, -0.2) is 0 Å². The molecule has 0 unspecified atom stereocenters. The highest BCUT2D eigenvalue weighted by Crippen LogP contribution is 2.24. The zero-order chi connectivity index (χ0) is 20.1. The van der Waals surface area contributed by atoms with Crippen molar-refractivity contribution in [3.8, 4) is 0 Å². The number of benzene rings is 2. The molecule has 26 heavy (non-hydrogen) atoms. The molecule has 2 aromatic rings. The zero-order valence-corrected chi connectivity index (χ0v) is 26.8. The van der Waals surface area contributed by atoms with E-state index in [9.17, 15) is 8.42 Å². The second kappa shape index (κ2) is 12.5. The molecule has 144 valence electrons. The highest BCUT2D eigenvalue weighted by atomic mass is 127. The van der Waals surface area contributed by atoms with Gasteiger partial charge in [0.1, 0.15) is 0 Å². The number of hydrogen-bond donors (Lipinski definition) is 1. The molecule has 0 aliphatic carbocycles. The van der Waals surface area contributed by atoms with Gasteiger partial charge in [0.15, 0.2) is 0 Å². The molecular weight excluding hydrogens is 1040 g/mol. The van der Waals surface area contributed by atoms with E-state index < -0.39 is 10.1 Å². The molecular formula is C15H12I6O4S. The molecule has 0 heterocycles. The minimum absolute atomic E-state index is 0.101. The van der Waals surface area contributed by atoms with Crippen LogP contribution >= 0.6 is 136 Å². The summed E-state index contributed by atoms with van der Waals surface area (Å²) in [6.07, 6.45) is 1.05. The topological polar surface area (TPSA) is 63.6 Å². The van der Waals surface area contributed by atoms with E-state index in [1.54, 1.807) is 0 Å². The van der Waals surface area contributed by atoms with Crippen molar-refractivity contribution in [3.63, 3.8) is 0 Å². The third-order valence-corrected chi connectivity index (χ3v) is 10.8. The smallest absolute Gasteiger partial charge is 0.264 e. The lowest BCUT2D eigenvalue weighted by Gasteiger charge is -2.07.